The van der Waals surface area contributed by atoms with Gasteiger partial charge in [-0.1, -0.05) is 25.1 Å². The Kier molecular flexibility index (Phi) is 3.49. The third-order valence-electron chi connectivity index (χ3n) is 1.72. The van der Waals surface area contributed by atoms with Crippen LogP contribution in [0.2, 0.25) is 0 Å². The summed E-state index contributed by atoms with van der Waals surface area (Å²) in [7, 11) is -1.73. The molecule has 0 aliphatic carbocycles. The predicted octanol–water partition coefficient (Wildman–Crippen LogP) is 1.62. The zero-order chi connectivity index (χ0) is 10.6. The highest BCUT2D eigenvalue weighted by Crippen LogP contribution is 2.19. The molecule has 1 aromatic carbocycles. The maximum Gasteiger partial charge on any atom is 0.240 e. The first kappa shape index (κ1) is 11.0. The summed E-state index contributed by atoms with van der Waals surface area (Å²) in [5.41, 5.74) is 0.656. The Morgan fingerprint density at radius 1 is 1.43 bits per heavy atom. The van der Waals surface area contributed by atoms with E-state index < -0.39 is 10.0 Å². The van der Waals surface area contributed by atoms with Crippen molar-refractivity contribution in [3.8, 4) is 0 Å². The quantitative estimate of drug-likeness (QED) is 0.826. The van der Waals surface area contributed by atoms with Crippen LogP contribution in [0.1, 0.15) is 6.92 Å². The van der Waals surface area contributed by atoms with Crippen molar-refractivity contribution in [2.75, 3.05) is 13.6 Å². The van der Waals surface area contributed by atoms with Gasteiger partial charge in [0.2, 0.25) is 10.0 Å². The largest absolute Gasteiger partial charge is 0.687 e. The number of benzene rings is 1. The maximum absolute atomic E-state index is 11.5. The van der Waals surface area contributed by atoms with Crippen molar-refractivity contribution in [1.29, 1.82) is 0 Å². The summed E-state index contributed by atoms with van der Waals surface area (Å²) >= 11 is 0. The molecule has 0 spiro atoms. The van der Waals surface area contributed by atoms with E-state index in [1.165, 1.54) is 6.07 Å². The second-order valence-electron chi connectivity index (χ2n) is 2.72. The van der Waals surface area contributed by atoms with Gasteiger partial charge < -0.3 is 5.32 Å². The van der Waals surface area contributed by atoms with E-state index in [0.29, 0.717) is 12.2 Å². The summed E-state index contributed by atoms with van der Waals surface area (Å²) in [5.74, 6) is 0. The summed E-state index contributed by atoms with van der Waals surface area (Å²) in [6, 6.07) is 6.52. The lowest BCUT2D eigenvalue weighted by Gasteiger charge is -2.14. The summed E-state index contributed by atoms with van der Waals surface area (Å²) in [5, 5.41) is 3.91. The van der Waals surface area contributed by atoms with Gasteiger partial charge in [-0.15, -0.1) is 12.7 Å². The lowest BCUT2D eigenvalue weighted by Crippen LogP contribution is -2.22. The highest BCUT2D eigenvalue weighted by molar-refractivity contribution is 7.89. The molecule has 1 aromatic rings. The van der Waals surface area contributed by atoms with Crippen molar-refractivity contribution in [2.24, 2.45) is 0 Å². The van der Waals surface area contributed by atoms with Gasteiger partial charge in [0, 0.05) is 6.54 Å². The molecule has 0 aliphatic rings. The standard InChI is InChI=1S/C9H13N2O2S/c1-3-11-14(12,13)9-6-4-5-8(7-9)10-2/h4-7,11H,3H2,1-2H3/q-1. The molecule has 0 bridgehead atoms. The zero-order valence-corrected chi connectivity index (χ0v) is 9.00. The molecular formula is C9H13N2O2S-. The van der Waals surface area contributed by atoms with Gasteiger partial charge in [0.05, 0.1) is 4.90 Å². The van der Waals surface area contributed by atoms with Crippen LogP contribution in [0.3, 0.4) is 0 Å². The van der Waals surface area contributed by atoms with Crippen LogP contribution in [0.4, 0.5) is 5.69 Å². The first-order chi connectivity index (χ1) is 6.60. The first-order valence-corrected chi connectivity index (χ1v) is 5.78. The molecule has 4 nitrogen and oxygen atoms in total. The second-order valence-corrected chi connectivity index (χ2v) is 4.49. The Labute approximate surface area is 84.4 Å². The molecule has 0 amide bonds. The topological polar surface area (TPSA) is 60.3 Å². The van der Waals surface area contributed by atoms with Crippen LogP contribution in [-0.4, -0.2) is 22.0 Å². The van der Waals surface area contributed by atoms with Crippen LogP contribution in [0.15, 0.2) is 29.2 Å². The molecule has 0 radical (unpaired) electrons. The van der Waals surface area contributed by atoms with E-state index in [0.717, 1.165) is 0 Å². The van der Waals surface area contributed by atoms with Crippen LogP contribution in [0.5, 0.6) is 0 Å². The van der Waals surface area contributed by atoms with Gasteiger partial charge in [0.25, 0.3) is 0 Å². The highest BCUT2D eigenvalue weighted by Gasteiger charge is 2.10. The van der Waals surface area contributed by atoms with Gasteiger partial charge in [-0.25, -0.2) is 13.1 Å². The van der Waals surface area contributed by atoms with Crippen LogP contribution in [-0.2, 0) is 10.0 Å². The smallest absolute Gasteiger partial charge is 0.240 e. The molecule has 0 fully saturated rings. The van der Waals surface area contributed by atoms with E-state index in [2.05, 4.69) is 10.0 Å². The molecule has 0 saturated carbocycles. The molecule has 14 heavy (non-hydrogen) atoms. The SMILES string of the molecule is CCNS(=O)(=O)c1cccc([N-]C)c1. The minimum absolute atomic E-state index is 0.252. The van der Waals surface area contributed by atoms with Gasteiger partial charge in [-0.05, 0) is 6.07 Å². The summed E-state index contributed by atoms with van der Waals surface area (Å²) in [6.07, 6.45) is 0. The molecule has 1 N–H and O–H groups in total. The van der Waals surface area contributed by atoms with Gasteiger partial charge >= 0.3 is 0 Å². The number of hydrogen-bond acceptors (Lipinski definition) is 2. The van der Waals surface area contributed by atoms with Crippen LogP contribution in [0.25, 0.3) is 5.32 Å². The number of hydrogen-bond donors (Lipinski definition) is 1. The molecule has 0 heterocycles. The highest BCUT2D eigenvalue weighted by atomic mass is 32.2. The van der Waals surface area contributed by atoms with Crippen molar-refractivity contribution in [3.05, 3.63) is 29.6 Å². The van der Waals surface area contributed by atoms with Gasteiger partial charge in [-0.3, -0.25) is 0 Å². The predicted molar refractivity (Wildman–Crippen MR) is 56.2 cm³/mol. The molecule has 1 rings (SSSR count). The second kappa shape index (κ2) is 4.43. The fourth-order valence-corrected chi connectivity index (χ4v) is 2.14. The molecule has 0 aromatic heterocycles. The molecular weight excluding hydrogens is 200 g/mol. The van der Waals surface area contributed by atoms with E-state index >= 15 is 0 Å². The summed E-state index contributed by atoms with van der Waals surface area (Å²) < 4.78 is 25.5. The average molecular weight is 213 g/mol. The summed E-state index contributed by atoms with van der Waals surface area (Å²) in [4.78, 5) is 0.252. The van der Waals surface area contributed by atoms with E-state index in [1.807, 2.05) is 0 Å². The Hall–Kier alpha value is -1.07. The Morgan fingerprint density at radius 3 is 2.71 bits per heavy atom. The molecule has 78 valence electrons. The van der Waals surface area contributed by atoms with E-state index in [4.69, 9.17) is 0 Å². The van der Waals surface area contributed by atoms with E-state index in [9.17, 15) is 8.42 Å². The lowest BCUT2D eigenvalue weighted by molar-refractivity contribution is 0.584. The molecule has 0 unspecified atom stereocenters. The van der Waals surface area contributed by atoms with E-state index in [-0.39, 0.29) is 4.90 Å². The van der Waals surface area contributed by atoms with Crippen molar-refractivity contribution in [1.82, 2.24) is 4.72 Å². The third-order valence-corrected chi connectivity index (χ3v) is 3.26. The van der Waals surface area contributed by atoms with Crippen LogP contribution in [0, 0.1) is 0 Å². The van der Waals surface area contributed by atoms with Crippen molar-refractivity contribution in [3.63, 3.8) is 0 Å². The number of sulfonamides is 1. The lowest BCUT2D eigenvalue weighted by atomic mass is 10.3. The fraction of sp³-hybridized carbons (Fsp3) is 0.333. The monoisotopic (exact) mass is 213 g/mol. The fourth-order valence-electron chi connectivity index (χ4n) is 1.06. The minimum Gasteiger partial charge on any atom is -0.687 e. The first-order valence-electron chi connectivity index (χ1n) is 4.29. The van der Waals surface area contributed by atoms with Crippen molar-refractivity contribution >= 4 is 15.7 Å². The molecule has 0 atom stereocenters. The molecule has 5 heteroatoms. The van der Waals surface area contributed by atoms with Gasteiger partial charge in [-0.2, -0.15) is 0 Å². The normalized spacial score (nSPS) is 11.3. The van der Waals surface area contributed by atoms with E-state index in [1.54, 1.807) is 32.2 Å². The van der Waals surface area contributed by atoms with Crippen molar-refractivity contribution < 1.29 is 8.42 Å². The van der Waals surface area contributed by atoms with Crippen molar-refractivity contribution in [2.45, 2.75) is 11.8 Å². The zero-order valence-electron chi connectivity index (χ0n) is 8.19. The van der Waals surface area contributed by atoms with Crippen LogP contribution < -0.4 is 4.72 Å². The average Bonchev–Trinajstić information content (AvgIpc) is 2.18. The third kappa shape index (κ3) is 2.46. The number of nitrogens with one attached hydrogen (secondary N) is 1. The molecule has 0 saturated heterocycles. The number of rotatable bonds is 4. The number of nitrogens with zero attached hydrogens (tertiary/aromatic N) is 1. The Bertz CT molecular complexity index is 401. The summed E-state index contributed by atoms with van der Waals surface area (Å²) in [6.45, 7) is 2.13. The van der Waals surface area contributed by atoms with Crippen LogP contribution >= 0.6 is 0 Å². The van der Waals surface area contributed by atoms with Gasteiger partial charge in [0.15, 0.2) is 0 Å². The molecule has 0 aliphatic heterocycles. The Morgan fingerprint density at radius 2 is 2.14 bits per heavy atom. The van der Waals surface area contributed by atoms with Gasteiger partial charge in [0.1, 0.15) is 0 Å². The minimum atomic E-state index is -3.35. The maximum atomic E-state index is 11.5. The Balaban J connectivity index is 3.07.